The minimum Gasteiger partial charge on any atom is -0.464 e. The Bertz CT molecular complexity index is 375. The molecule has 0 radical (unpaired) electrons. The van der Waals surface area contributed by atoms with E-state index in [4.69, 9.17) is 15.9 Å². The molecule has 0 amide bonds. The van der Waals surface area contributed by atoms with E-state index >= 15 is 0 Å². The SMILES string of the molecule is Nc1cc(-c2ccco2)c(N)[nH]1. The largest absolute Gasteiger partial charge is 0.464 e. The number of hydrogen-bond donors (Lipinski definition) is 3. The van der Waals surface area contributed by atoms with E-state index in [0.717, 1.165) is 11.3 Å². The summed E-state index contributed by atoms with van der Waals surface area (Å²) in [7, 11) is 0. The second-order valence-corrected chi connectivity index (χ2v) is 2.53. The molecular weight excluding hydrogens is 154 g/mol. The van der Waals surface area contributed by atoms with E-state index in [1.54, 1.807) is 18.4 Å². The Morgan fingerprint density at radius 2 is 2.17 bits per heavy atom. The molecule has 0 aliphatic heterocycles. The van der Waals surface area contributed by atoms with Gasteiger partial charge in [-0.3, -0.25) is 0 Å². The van der Waals surface area contributed by atoms with Gasteiger partial charge in [0.05, 0.1) is 11.8 Å². The maximum Gasteiger partial charge on any atom is 0.137 e. The van der Waals surface area contributed by atoms with Gasteiger partial charge in [0.1, 0.15) is 17.4 Å². The first-order valence-electron chi connectivity index (χ1n) is 3.55. The smallest absolute Gasteiger partial charge is 0.137 e. The van der Waals surface area contributed by atoms with E-state index in [2.05, 4.69) is 4.98 Å². The number of anilines is 2. The average Bonchev–Trinajstić information content (AvgIpc) is 2.58. The molecule has 0 fully saturated rings. The Labute approximate surface area is 69.2 Å². The number of rotatable bonds is 1. The number of H-pyrrole nitrogens is 1. The second kappa shape index (κ2) is 2.34. The zero-order chi connectivity index (χ0) is 8.55. The number of nitrogens with one attached hydrogen (secondary N) is 1. The molecule has 0 saturated heterocycles. The van der Waals surface area contributed by atoms with Gasteiger partial charge in [-0.25, -0.2) is 0 Å². The van der Waals surface area contributed by atoms with Crippen molar-refractivity contribution < 1.29 is 4.42 Å². The van der Waals surface area contributed by atoms with Crippen LogP contribution in [0.5, 0.6) is 0 Å². The Hall–Kier alpha value is -1.84. The fourth-order valence-corrected chi connectivity index (χ4v) is 1.13. The van der Waals surface area contributed by atoms with Gasteiger partial charge in [0.25, 0.3) is 0 Å². The Balaban J connectivity index is 2.54. The maximum atomic E-state index is 5.64. The molecule has 4 nitrogen and oxygen atoms in total. The van der Waals surface area contributed by atoms with Crippen LogP contribution >= 0.6 is 0 Å². The van der Waals surface area contributed by atoms with Crippen LogP contribution in [0.25, 0.3) is 11.3 Å². The van der Waals surface area contributed by atoms with Gasteiger partial charge >= 0.3 is 0 Å². The lowest BCUT2D eigenvalue weighted by Crippen LogP contribution is -1.87. The number of nitrogen functional groups attached to an aromatic ring is 2. The van der Waals surface area contributed by atoms with E-state index < -0.39 is 0 Å². The number of nitrogens with two attached hydrogens (primary N) is 2. The lowest BCUT2D eigenvalue weighted by atomic mass is 10.2. The van der Waals surface area contributed by atoms with Gasteiger partial charge in [0.15, 0.2) is 0 Å². The maximum absolute atomic E-state index is 5.64. The third kappa shape index (κ3) is 0.934. The van der Waals surface area contributed by atoms with Gasteiger partial charge in [-0.05, 0) is 18.2 Å². The van der Waals surface area contributed by atoms with Crippen LogP contribution in [-0.2, 0) is 0 Å². The summed E-state index contributed by atoms with van der Waals surface area (Å²) in [5.41, 5.74) is 11.9. The van der Waals surface area contributed by atoms with Crippen molar-refractivity contribution in [3.63, 3.8) is 0 Å². The lowest BCUT2D eigenvalue weighted by molar-refractivity contribution is 0.583. The Kier molecular flexibility index (Phi) is 1.33. The molecule has 0 unspecified atom stereocenters. The minimum absolute atomic E-state index is 0.530. The molecule has 0 saturated carbocycles. The number of aromatic amines is 1. The van der Waals surface area contributed by atoms with Crippen LogP contribution < -0.4 is 11.5 Å². The molecule has 12 heavy (non-hydrogen) atoms. The molecule has 2 heterocycles. The van der Waals surface area contributed by atoms with Crippen LogP contribution in [-0.4, -0.2) is 4.98 Å². The Morgan fingerprint density at radius 3 is 2.67 bits per heavy atom. The number of hydrogen-bond acceptors (Lipinski definition) is 3. The lowest BCUT2D eigenvalue weighted by Gasteiger charge is -1.91. The highest BCUT2D eigenvalue weighted by atomic mass is 16.3. The monoisotopic (exact) mass is 163 g/mol. The van der Waals surface area contributed by atoms with Gasteiger partial charge in [0.2, 0.25) is 0 Å². The number of furan rings is 1. The summed E-state index contributed by atoms with van der Waals surface area (Å²) in [6.07, 6.45) is 1.60. The standard InChI is InChI=1S/C8H9N3O/c9-7-4-5(8(10)11-7)6-2-1-3-12-6/h1-4,11H,9-10H2. The summed E-state index contributed by atoms with van der Waals surface area (Å²) in [5, 5.41) is 0. The summed E-state index contributed by atoms with van der Waals surface area (Å²) >= 11 is 0. The Morgan fingerprint density at radius 1 is 1.33 bits per heavy atom. The van der Waals surface area contributed by atoms with Gasteiger partial charge in [0, 0.05) is 0 Å². The number of aromatic nitrogens is 1. The van der Waals surface area contributed by atoms with Gasteiger partial charge in [-0.1, -0.05) is 0 Å². The summed E-state index contributed by atoms with van der Waals surface area (Å²) in [6.45, 7) is 0. The highest BCUT2D eigenvalue weighted by Crippen LogP contribution is 2.27. The van der Waals surface area contributed by atoms with E-state index in [1.807, 2.05) is 6.07 Å². The summed E-state index contributed by atoms with van der Waals surface area (Å²) in [5.74, 6) is 1.79. The zero-order valence-corrected chi connectivity index (χ0v) is 6.37. The van der Waals surface area contributed by atoms with Crippen LogP contribution in [0.1, 0.15) is 0 Å². The van der Waals surface area contributed by atoms with Gasteiger partial charge in [-0.2, -0.15) is 0 Å². The van der Waals surface area contributed by atoms with Crippen molar-refractivity contribution in [3.8, 4) is 11.3 Å². The molecule has 0 aromatic carbocycles. The van der Waals surface area contributed by atoms with Crippen LogP contribution in [0.2, 0.25) is 0 Å². The van der Waals surface area contributed by atoms with E-state index in [-0.39, 0.29) is 0 Å². The van der Waals surface area contributed by atoms with Crippen LogP contribution in [0.15, 0.2) is 28.9 Å². The van der Waals surface area contributed by atoms with Crippen LogP contribution in [0.4, 0.5) is 11.6 Å². The predicted molar refractivity (Wildman–Crippen MR) is 47.3 cm³/mol. The molecule has 0 atom stereocenters. The minimum atomic E-state index is 0.530. The normalized spacial score (nSPS) is 10.3. The zero-order valence-electron chi connectivity index (χ0n) is 6.37. The third-order valence-electron chi connectivity index (χ3n) is 1.66. The molecule has 0 spiro atoms. The molecule has 0 bridgehead atoms. The van der Waals surface area contributed by atoms with Crippen molar-refractivity contribution in [1.29, 1.82) is 0 Å². The molecule has 2 aromatic heterocycles. The molecular formula is C8H9N3O. The summed E-state index contributed by atoms with van der Waals surface area (Å²) in [4.78, 5) is 2.79. The van der Waals surface area contributed by atoms with Crippen molar-refractivity contribution >= 4 is 11.6 Å². The van der Waals surface area contributed by atoms with E-state index in [9.17, 15) is 0 Å². The third-order valence-corrected chi connectivity index (χ3v) is 1.66. The molecule has 2 rings (SSSR count). The van der Waals surface area contributed by atoms with Gasteiger partial charge in [-0.15, -0.1) is 0 Å². The van der Waals surface area contributed by atoms with Crippen LogP contribution in [0.3, 0.4) is 0 Å². The van der Waals surface area contributed by atoms with E-state index in [1.165, 1.54) is 0 Å². The molecule has 0 aliphatic rings. The molecule has 2 aromatic rings. The first-order valence-corrected chi connectivity index (χ1v) is 3.55. The summed E-state index contributed by atoms with van der Waals surface area (Å²) in [6, 6.07) is 5.38. The predicted octanol–water partition coefficient (Wildman–Crippen LogP) is 1.44. The second-order valence-electron chi connectivity index (χ2n) is 2.53. The molecule has 62 valence electrons. The molecule has 0 aliphatic carbocycles. The fraction of sp³-hybridized carbons (Fsp3) is 0. The van der Waals surface area contributed by atoms with Crippen molar-refractivity contribution in [2.45, 2.75) is 0 Å². The molecule has 4 heteroatoms. The van der Waals surface area contributed by atoms with Gasteiger partial charge < -0.3 is 20.9 Å². The van der Waals surface area contributed by atoms with E-state index in [0.29, 0.717) is 11.6 Å². The first kappa shape index (κ1) is 6.84. The quantitative estimate of drug-likeness (QED) is 0.595. The first-order chi connectivity index (χ1) is 5.77. The van der Waals surface area contributed by atoms with Crippen molar-refractivity contribution in [1.82, 2.24) is 4.98 Å². The highest BCUT2D eigenvalue weighted by Gasteiger charge is 2.07. The van der Waals surface area contributed by atoms with Crippen LogP contribution in [0, 0.1) is 0 Å². The highest BCUT2D eigenvalue weighted by molar-refractivity contribution is 5.74. The van der Waals surface area contributed by atoms with Crippen molar-refractivity contribution in [2.24, 2.45) is 0 Å². The summed E-state index contributed by atoms with van der Waals surface area (Å²) < 4.78 is 5.16. The topological polar surface area (TPSA) is 81.0 Å². The average molecular weight is 163 g/mol. The fourth-order valence-electron chi connectivity index (χ4n) is 1.13. The van der Waals surface area contributed by atoms with Crippen molar-refractivity contribution in [3.05, 3.63) is 24.5 Å². The molecule has 5 N–H and O–H groups in total. The van der Waals surface area contributed by atoms with Crippen molar-refractivity contribution in [2.75, 3.05) is 11.5 Å².